The highest BCUT2D eigenvalue weighted by atomic mass is 32.1. The van der Waals surface area contributed by atoms with E-state index >= 15 is 0 Å². The second-order valence-electron chi connectivity index (χ2n) is 5.06. The second kappa shape index (κ2) is 5.75. The van der Waals surface area contributed by atoms with Crippen LogP contribution in [0.15, 0.2) is 23.7 Å². The lowest BCUT2D eigenvalue weighted by molar-refractivity contribution is 0.180. The number of aromatic nitrogens is 1. The Morgan fingerprint density at radius 1 is 1.33 bits per heavy atom. The molecule has 110 valence electrons. The summed E-state index contributed by atoms with van der Waals surface area (Å²) in [5, 5.41) is 12.6. The number of aryl methyl sites for hydroxylation is 1. The Kier molecular flexibility index (Phi) is 3.97. The van der Waals surface area contributed by atoms with Crippen molar-refractivity contribution in [3.63, 3.8) is 0 Å². The van der Waals surface area contributed by atoms with Crippen LogP contribution < -0.4 is 4.74 Å². The van der Waals surface area contributed by atoms with Crippen molar-refractivity contribution in [3.05, 3.63) is 45.4 Å². The van der Waals surface area contributed by atoms with Crippen LogP contribution in [0.4, 0.5) is 0 Å². The third-order valence-electron chi connectivity index (χ3n) is 3.62. The minimum atomic E-state index is -0.520. The van der Waals surface area contributed by atoms with E-state index in [-0.39, 0.29) is 0 Å². The summed E-state index contributed by atoms with van der Waals surface area (Å²) in [6.07, 6.45) is 1.80. The van der Waals surface area contributed by atoms with Crippen LogP contribution >= 0.6 is 22.7 Å². The number of aliphatic hydroxyl groups is 1. The minimum absolute atomic E-state index is 0.510. The van der Waals surface area contributed by atoms with Crippen LogP contribution in [0.2, 0.25) is 0 Å². The van der Waals surface area contributed by atoms with Crippen molar-refractivity contribution in [1.29, 1.82) is 0 Å². The molecule has 0 aliphatic rings. The first-order chi connectivity index (χ1) is 10.1. The maximum atomic E-state index is 10.5. The summed E-state index contributed by atoms with van der Waals surface area (Å²) in [5.74, 6) is 0.861. The molecule has 0 saturated heterocycles. The molecule has 0 saturated carbocycles. The summed E-state index contributed by atoms with van der Waals surface area (Å²) in [6, 6.07) is 4.18. The summed E-state index contributed by atoms with van der Waals surface area (Å²) in [7, 11) is 1.67. The molecule has 3 heterocycles. The minimum Gasteiger partial charge on any atom is -0.496 e. The molecule has 0 bridgehead atoms. The Labute approximate surface area is 131 Å². The third kappa shape index (κ3) is 2.69. The van der Waals surface area contributed by atoms with Crippen molar-refractivity contribution in [2.24, 2.45) is 0 Å². The maximum Gasteiger partial charge on any atom is 0.128 e. The number of nitrogens with zero attached hydrogens (tertiary/aromatic N) is 1. The lowest BCUT2D eigenvalue weighted by atomic mass is 10.1. The Bertz CT molecular complexity index is 747. The molecule has 3 aromatic heterocycles. The monoisotopic (exact) mass is 319 g/mol. The Hall–Kier alpha value is -1.43. The van der Waals surface area contributed by atoms with Crippen LogP contribution in [0.25, 0.3) is 9.40 Å². The SMILES string of the molecule is COc1c(C)cnc(CC(O)c2cc3sccc3s2)c1C. The highest BCUT2D eigenvalue weighted by molar-refractivity contribution is 7.26. The topological polar surface area (TPSA) is 42.4 Å². The van der Waals surface area contributed by atoms with Crippen molar-refractivity contribution < 1.29 is 9.84 Å². The lowest BCUT2D eigenvalue weighted by Gasteiger charge is -2.14. The molecule has 0 fully saturated rings. The van der Waals surface area contributed by atoms with E-state index < -0.39 is 6.10 Å². The lowest BCUT2D eigenvalue weighted by Crippen LogP contribution is -2.05. The van der Waals surface area contributed by atoms with Gasteiger partial charge in [-0.3, -0.25) is 4.98 Å². The zero-order chi connectivity index (χ0) is 15.0. The molecule has 1 unspecified atom stereocenters. The van der Waals surface area contributed by atoms with Gasteiger partial charge in [0.2, 0.25) is 0 Å². The first-order valence-electron chi connectivity index (χ1n) is 6.74. The van der Waals surface area contributed by atoms with Crippen LogP contribution in [-0.4, -0.2) is 17.2 Å². The summed E-state index contributed by atoms with van der Waals surface area (Å²) in [5.41, 5.74) is 2.92. The fraction of sp³-hybridized carbons (Fsp3) is 0.312. The number of hydrogen-bond acceptors (Lipinski definition) is 5. The third-order valence-corrected chi connectivity index (χ3v) is 5.82. The summed E-state index contributed by atoms with van der Waals surface area (Å²) in [6.45, 7) is 3.97. The van der Waals surface area contributed by atoms with Gasteiger partial charge < -0.3 is 9.84 Å². The van der Waals surface area contributed by atoms with E-state index in [1.54, 1.807) is 36.0 Å². The summed E-state index contributed by atoms with van der Waals surface area (Å²) < 4.78 is 7.89. The Morgan fingerprint density at radius 3 is 2.86 bits per heavy atom. The zero-order valence-electron chi connectivity index (χ0n) is 12.2. The number of hydrogen-bond donors (Lipinski definition) is 1. The van der Waals surface area contributed by atoms with Crippen molar-refractivity contribution in [2.45, 2.75) is 26.4 Å². The van der Waals surface area contributed by atoms with E-state index in [1.165, 1.54) is 9.40 Å². The van der Waals surface area contributed by atoms with Gasteiger partial charge in [-0.15, -0.1) is 22.7 Å². The summed E-state index contributed by atoms with van der Waals surface area (Å²) in [4.78, 5) is 5.46. The molecule has 0 aliphatic heterocycles. The van der Waals surface area contributed by atoms with Gasteiger partial charge in [0.25, 0.3) is 0 Å². The van der Waals surface area contributed by atoms with Crippen molar-refractivity contribution >= 4 is 32.1 Å². The molecule has 3 aromatic rings. The van der Waals surface area contributed by atoms with Gasteiger partial charge in [0.05, 0.1) is 13.2 Å². The Morgan fingerprint density at radius 2 is 2.14 bits per heavy atom. The zero-order valence-corrected chi connectivity index (χ0v) is 13.8. The predicted molar refractivity (Wildman–Crippen MR) is 88.6 cm³/mol. The van der Waals surface area contributed by atoms with E-state index in [9.17, 15) is 5.11 Å². The number of methoxy groups -OCH3 is 1. The van der Waals surface area contributed by atoms with E-state index in [2.05, 4.69) is 22.5 Å². The molecule has 3 rings (SSSR count). The second-order valence-corrected chi connectivity index (χ2v) is 7.13. The molecule has 0 spiro atoms. The van der Waals surface area contributed by atoms with E-state index in [0.717, 1.165) is 27.4 Å². The van der Waals surface area contributed by atoms with Crippen LogP contribution in [-0.2, 0) is 6.42 Å². The quantitative estimate of drug-likeness (QED) is 0.781. The molecule has 0 amide bonds. The van der Waals surface area contributed by atoms with Crippen molar-refractivity contribution in [3.8, 4) is 5.75 Å². The van der Waals surface area contributed by atoms with Crippen molar-refractivity contribution in [2.75, 3.05) is 7.11 Å². The Balaban J connectivity index is 1.87. The standard InChI is InChI=1S/C16H17NO2S2/c1-9-8-17-11(10(2)16(9)19-3)6-12(18)14-7-15-13(21-14)4-5-20-15/h4-5,7-8,12,18H,6H2,1-3H3. The van der Waals surface area contributed by atoms with Gasteiger partial charge in [-0.1, -0.05) is 0 Å². The van der Waals surface area contributed by atoms with Gasteiger partial charge in [0.15, 0.2) is 0 Å². The van der Waals surface area contributed by atoms with Crippen LogP contribution in [0, 0.1) is 13.8 Å². The number of ether oxygens (including phenoxy) is 1. The first-order valence-corrected chi connectivity index (χ1v) is 8.44. The van der Waals surface area contributed by atoms with Crippen LogP contribution in [0.1, 0.15) is 27.8 Å². The number of thiophene rings is 2. The molecular formula is C16H17NO2S2. The number of fused-ring (bicyclic) bond motifs is 1. The van der Waals surface area contributed by atoms with Gasteiger partial charge in [0.1, 0.15) is 5.75 Å². The highest BCUT2D eigenvalue weighted by Crippen LogP contribution is 2.35. The molecule has 0 aromatic carbocycles. The van der Waals surface area contributed by atoms with E-state index in [0.29, 0.717) is 6.42 Å². The highest BCUT2D eigenvalue weighted by Gasteiger charge is 2.17. The van der Waals surface area contributed by atoms with Crippen molar-refractivity contribution in [1.82, 2.24) is 4.98 Å². The average molecular weight is 319 g/mol. The molecule has 3 nitrogen and oxygen atoms in total. The summed E-state index contributed by atoms with van der Waals surface area (Å²) >= 11 is 3.36. The fourth-order valence-electron chi connectivity index (χ4n) is 2.51. The predicted octanol–water partition coefficient (Wildman–Crippen LogP) is 4.26. The van der Waals surface area contributed by atoms with Gasteiger partial charge >= 0.3 is 0 Å². The molecular weight excluding hydrogens is 302 g/mol. The van der Waals surface area contributed by atoms with Gasteiger partial charge in [-0.25, -0.2) is 0 Å². The normalized spacial score (nSPS) is 12.8. The van der Waals surface area contributed by atoms with Gasteiger partial charge in [0, 0.05) is 43.7 Å². The first kappa shape index (κ1) is 14.5. The molecule has 0 radical (unpaired) electrons. The molecule has 0 aliphatic carbocycles. The molecule has 5 heteroatoms. The van der Waals surface area contributed by atoms with E-state index in [4.69, 9.17) is 4.74 Å². The number of rotatable bonds is 4. The van der Waals surface area contributed by atoms with Crippen LogP contribution in [0.5, 0.6) is 5.75 Å². The fourth-order valence-corrected chi connectivity index (χ4v) is 4.61. The van der Waals surface area contributed by atoms with Gasteiger partial charge in [-0.2, -0.15) is 0 Å². The maximum absolute atomic E-state index is 10.5. The molecule has 1 N–H and O–H groups in total. The molecule has 21 heavy (non-hydrogen) atoms. The van der Waals surface area contributed by atoms with Crippen LogP contribution in [0.3, 0.4) is 0 Å². The number of aliphatic hydroxyl groups excluding tert-OH is 1. The molecule has 1 atom stereocenters. The largest absolute Gasteiger partial charge is 0.496 e. The van der Waals surface area contributed by atoms with Gasteiger partial charge in [-0.05, 0) is 31.4 Å². The smallest absolute Gasteiger partial charge is 0.128 e. The van der Waals surface area contributed by atoms with E-state index in [1.807, 2.05) is 13.8 Å². The number of pyridine rings is 1. The average Bonchev–Trinajstić information content (AvgIpc) is 3.03.